The minimum Gasteiger partial charge on any atom is -0.481 e. The van der Waals surface area contributed by atoms with Gasteiger partial charge in [-0.1, -0.05) is 12.1 Å². The van der Waals surface area contributed by atoms with Crippen LogP contribution in [-0.2, 0) is 19.1 Å². The quantitative estimate of drug-likeness (QED) is 0.804. The zero-order valence-electron chi connectivity index (χ0n) is 10.5. The fourth-order valence-corrected chi connectivity index (χ4v) is 1.68. The van der Waals surface area contributed by atoms with E-state index in [0.717, 1.165) is 5.56 Å². The van der Waals surface area contributed by atoms with Crippen molar-refractivity contribution in [3.05, 3.63) is 29.8 Å². The fourth-order valence-electron chi connectivity index (χ4n) is 1.68. The molecule has 102 valence electrons. The van der Waals surface area contributed by atoms with E-state index in [4.69, 9.17) is 14.6 Å². The van der Waals surface area contributed by atoms with Crippen LogP contribution in [0.1, 0.15) is 18.8 Å². The van der Waals surface area contributed by atoms with E-state index in [0.29, 0.717) is 18.9 Å². The van der Waals surface area contributed by atoms with Crippen LogP contribution in [0.4, 0.5) is 5.69 Å². The molecule has 6 heteroatoms. The van der Waals surface area contributed by atoms with Gasteiger partial charge in [0.15, 0.2) is 6.29 Å². The van der Waals surface area contributed by atoms with Gasteiger partial charge >= 0.3 is 5.97 Å². The Morgan fingerprint density at radius 2 is 2.05 bits per heavy atom. The lowest BCUT2D eigenvalue weighted by molar-refractivity contribution is -0.144. The van der Waals surface area contributed by atoms with E-state index in [1.165, 1.54) is 6.92 Å². The van der Waals surface area contributed by atoms with E-state index < -0.39 is 24.1 Å². The topological polar surface area (TPSA) is 84.9 Å². The maximum atomic E-state index is 11.6. The first-order valence-corrected chi connectivity index (χ1v) is 5.95. The second-order valence-corrected chi connectivity index (χ2v) is 4.25. The van der Waals surface area contributed by atoms with Crippen molar-refractivity contribution in [1.29, 1.82) is 0 Å². The zero-order chi connectivity index (χ0) is 13.8. The number of hydrogen-bond donors (Lipinski definition) is 2. The van der Waals surface area contributed by atoms with Gasteiger partial charge in [-0.3, -0.25) is 9.59 Å². The number of anilines is 1. The van der Waals surface area contributed by atoms with Crippen LogP contribution in [0.3, 0.4) is 0 Å². The molecule has 0 radical (unpaired) electrons. The Balaban J connectivity index is 2.06. The lowest BCUT2D eigenvalue weighted by Crippen LogP contribution is -2.26. The van der Waals surface area contributed by atoms with Crippen LogP contribution >= 0.6 is 0 Å². The highest BCUT2D eigenvalue weighted by Gasteiger charge is 2.22. The summed E-state index contributed by atoms with van der Waals surface area (Å²) in [6.45, 7) is 2.42. The Hall–Kier alpha value is -1.92. The number of hydrogen-bond acceptors (Lipinski definition) is 4. The number of ether oxygens (including phenoxy) is 2. The van der Waals surface area contributed by atoms with E-state index in [2.05, 4.69) is 5.32 Å². The molecular weight excluding hydrogens is 250 g/mol. The van der Waals surface area contributed by atoms with Gasteiger partial charge in [0, 0.05) is 11.3 Å². The number of amides is 1. The molecule has 1 aliphatic heterocycles. The molecule has 2 rings (SSSR count). The largest absolute Gasteiger partial charge is 0.481 e. The Morgan fingerprint density at radius 3 is 2.68 bits per heavy atom. The minimum absolute atomic E-state index is 0.422. The highest BCUT2D eigenvalue weighted by atomic mass is 16.7. The number of carboxylic acid groups (broad SMARTS) is 1. The number of carboxylic acids is 1. The summed E-state index contributed by atoms with van der Waals surface area (Å²) >= 11 is 0. The number of carbonyl (C=O) groups excluding carboxylic acids is 1. The molecule has 0 bridgehead atoms. The molecule has 1 aromatic carbocycles. The van der Waals surface area contributed by atoms with Crippen molar-refractivity contribution < 1.29 is 24.2 Å². The highest BCUT2D eigenvalue weighted by Crippen LogP contribution is 2.25. The van der Waals surface area contributed by atoms with Crippen molar-refractivity contribution >= 4 is 17.6 Å². The van der Waals surface area contributed by atoms with Gasteiger partial charge in [-0.05, 0) is 19.1 Å². The third kappa shape index (κ3) is 3.30. The third-order valence-corrected chi connectivity index (χ3v) is 2.81. The minimum atomic E-state index is -1.16. The molecule has 0 spiro atoms. The molecule has 2 N–H and O–H groups in total. The maximum Gasteiger partial charge on any atom is 0.315 e. The predicted molar refractivity (Wildman–Crippen MR) is 66.5 cm³/mol. The van der Waals surface area contributed by atoms with Crippen LogP contribution in [0, 0.1) is 5.92 Å². The fraction of sp³-hybridized carbons (Fsp3) is 0.385. The molecule has 6 nitrogen and oxygen atoms in total. The van der Waals surface area contributed by atoms with Gasteiger partial charge in [0.25, 0.3) is 0 Å². The number of nitrogens with one attached hydrogen (secondary N) is 1. The van der Waals surface area contributed by atoms with Crippen LogP contribution in [0.2, 0.25) is 0 Å². The number of aliphatic carboxylic acids is 1. The molecule has 1 aromatic rings. The average molecular weight is 265 g/mol. The van der Waals surface area contributed by atoms with Gasteiger partial charge in [-0.25, -0.2) is 0 Å². The first-order valence-electron chi connectivity index (χ1n) is 5.95. The first-order chi connectivity index (χ1) is 9.08. The number of benzene rings is 1. The first kappa shape index (κ1) is 13.5. The highest BCUT2D eigenvalue weighted by molar-refractivity contribution is 6.03. The van der Waals surface area contributed by atoms with Gasteiger partial charge in [-0.2, -0.15) is 0 Å². The normalized spacial score (nSPS) is 17.1. The summed E-state index contributed by atoms with van der Waals surface area (Å²) in [6.07, 6.45) is -0.422. The summed E-state index contributed by atoms with van der Waals surface area (Å²) in [5, 5.41) is 11.3. The lowest BCUT2D eigenvalue weighted by Gasteiger charge is -2.12. The van der Waals surface area contributed by atoms with E-state index in [1.807, 2.05) is 6.07 Å². The summed E-state index contributed by atoms with van der Waals surface area (Å²) < 4.78 is 10.7. The van der Waals surface area contributed by atoms with Gasteiger partial charge in [-0.15, -0.1) is 0 Å². The maximum absolute atomic E-state index is 11.6. The molecule has 1 unspecified atom stereocenters. The molecule has 0 aliphatic carbocycles. The molecule has 1 fully saturated rings. The summed E-state index contributed by atoms with van der Waals surface area (Å²) in [5.74, 6) is -2.81. The van der Waals surface area contributed by atoms with Gasteiger partial charge in [0.1, 0.15) is 5.92 Å². The van der Waals surface area contributed by atoms with Crippen molar-refractivity contribution in [3.8, 4) is 0 Å². The number of carbonyl (C=O) groups is 2. The van der Waals surface area contributed by atoms with Crippen LogP contribution < -0.4 is 5.32 Å². The molecule has 19 heavy (non-hydrogen) atoms. The van der Waals surface area contributed by atoms with Crippen molar-refractivity contribution in [3.63, 3.8) is 0 Å². The van der Waals surface area contributed by atoms with Crippen molar-refractivity contribution in [2.45, 2.75) is 13.2 Å². The average Bonchev–Trinajstić information content (AvgIpc) is 2.91. The van der Waals surface area contributed by atoms with Gasteiger partial charge in [0.2, 0.25) is 5.91 Å². The van der Waals surface area contributed by atoms with E-state index in [9.17, 15) is 9.59 Å². The smallest absolute Gasteiger partial charge is 0.315 e. The predicted octanol–water partition coefficient (Wildman–Crippen LogP) is 1.39. The third-order valence-electron chi connectivity index (χ3n) is 2.81. The molecule has 0 aromatic heterocycles. The second kappa shape index (κ2) is 5.81. The Morgan fingerprint density at radius 1 is 1.37 bits per heavy atom. The Labute approximate surface area is 110 Å². The standard InChI is InChI=1S/C13H15NO5/c1-8(12(16)17)11(15)14-10-4-2-3-9(7-10)13-18-5-6-19-13/h2-4,7-8,13H,5-6H2,1H3,(H,14,15)(H,16,17). The van der Waals surface area contributed by atoms with Gasteiger partial charge in [0.05, 0.1) is 13.2 Å². The van der Waals surface area contributed by atoms with Gasteiger partial charge < -0.3 is 19.9 Å². The molecule has 1 amide bonds. The SMILES string of the molecule is CC(C(=O)O)C(=O)Nc1cccc(C2OCCO2)c1. The van der Waals surface area contributed by atoms with Crippen LogP contribution in [0.15, 0.2) is 24.3 Å². The van der Waals surface area contributed by atoms with E-state index >= 15 is 0 Å². The molecule has 1 atom stereocenters. The molecule has 0 saturated carbocycles. The summed E-state index contributed by atoms with van der Waals surface area (Å²) in [6, 6.07) is 6.97. The van der Waals surface area contributed by atoms with E-state index in [-0.39, 0.29) is 0 Å². The van der Waals surface area contributed by atoms with Crippen LogP contribution in [-0.4, -0.2) is 30.2 Å². The van der Waals surface area contributed by atoms with Crippen LogP contribution in [0.5, 0.6) is 0 Å². The summed E-state index contributed by atoms with van der Waals surface area (Å²) in [4.78, 5) is 22.3. The lowest BCUT2D eigenvalue weighted by atomic mass is 10.1. The monoisotopic (exact) mass is 265 g/mol. The summed E-state index contributed by atoms with van der Waals surface area (Å²) in [7, 11) is 0. The molecule has 1 heterocycles. The van der Waals surface area contributed by atoms with Crippen molar-refractivity contribution in [2.24, 2.45) is 5.92 Å². The van der Waals surface area contributed by atoms with E-state index in [1.54, 1.807) is 18.2 Å². The molecular formula is C13H15NO5. The molecule has 1 aliphatic rings. The second-order valence-electron chi connectivity index (χ2n) is 4.25. The summed E-state index contributed by atoms with van der Waals surface area (Å²) in [5.41, 5.74) is 1.31. The van der Waals surface area contributed by atoms with Crippen LogP contribution in [0.25, 0.3) is 0 Å². The Bertz CT molecular complexity index is 482. The van der Waals surface area contributed by atoms with Crippen molar-refractivity contribution in [1.82, 2.24) is 0 Å². The zero-order valence-corrected chi connectivity index (χ0v) is 10.5. The Kier molecular flexibility index (Phi) is 4.13. The number of rotatable bonds is 4. The van der Waals surface area contributed by atoms with Crippen molar-refractivity contribution in [2.75, 3.05) is 18.5 Å². The molecule has 1 saturated heterocycles.